The molecular formula is C25H37N5O5S. The molecule has 10 nitrogen and oxygen atoms in total. The van der Waals surface area contributed by atoms with Gasteiger partial charge in [-0.3, -0.25) is 0 Å². The monoisotopic (exact) mass is 519 g/mol. The number of hydrogen-bond acceptors (Lipinski definition) is 10. The molecule has 2 aliphatic heterocycles. The Morgan fingerprint density at radius 3 is 2.69 bits per heavy atom. The van der Waals surface area contributed by atoms with Crippen molar-refractivity contribution in [1.29, 1.82) is 0 Å². The van der Waals surface area contributed by atoms with Crippen molar-refractivity contribution in [1.82, 2.24) is 15.3 Å². The van der Waals surface area contributed by atoms with Crippen LogP contribution < -0.4 is 20.3 Å². The Morgan fingerprint density at radius 2 is 2.03 bits per heavy atom. The van der Waals surface area contributed by atoms with Crippen LogP contribution in [0.3, 0.4) is 0 Å². The van der Waals surface area contributed by atoms with E-state index in [0.717, 1.165) is 35.8 Å². The van der Waals surface area contributed by atoms with Crippen LogP contribution in [-0.4, -0.2) is 93.6 Å². The van der Waals surface area contributed by atoms with E-state index in [2.05, 4.69) is 15.5 Å². The number of sulfone groups is 1. The minimum atomic E-state index is -3.06. The third kappa shape index (κ3) is 6.64. The average Bonchev–Trinajstić information content (AvgIpc) is 3.37. The molecule has 2 aliphatic rings. The number of nitrogens with zero attached hydrogens (tertiary/aromatic N) is 3. The van der Waals surface area contributed by atoms with Gasteiger partial charge in [0.05, 0.1) is 17.9 Å². The highest BCUT2D eigenvalue weighted by atomic mass is 32.2. The summed E-state index contributed by atoms with van der Waals surface area (Å²) in [6, 6.07) is 7.71. The number of aliphatic hydroxyl groups is 1. The molecule has 36 heavy (non-hydrogen) atoms. The van der Waals surface area contributed by atoms with Gasteiger partial charge in [-0.2, -0.15) is 0 Å². The highest BCUT2D eigenvalue weighted by Gasteiger charge is 2.29. The Hall–Kier alpha value is -2.47. The van der Waals surface area contributed by atoms with Gasteiger partial charge in [-0.1, -0.05) is 12.1 Å². The summed E-state index contributed by atoms with van der Waals surface area (Å²) in [4.78, 5) is 12.0. The van der Waals surface area contributed by atoms with Crippen molar-refractivity contribution in [3.8, 4) is 17.1 Å². The summed E-state index contributed by atoms with van der Waals surface area (Å²) in [5, 5.41) is 16.1. The molecule has 0 bridgehead atoms. The Kier molecular flexibility index (Phi) is 8.66. The zero-order valence-corrected chi connectivity index (χ0v) is 22.1. The molecule has 3 N–H and O–H groups in total. The number of aliphatic hydroxyl groups excluding tert-OH is 1. The molecule has 0 aliphatic carbocycles. The number of piperidine rings is 1. The van der Waals surface area contributed by atoms with E-state index >= 15 is 0 Å². The zero-order chi connectivity index (χ0) is 25.7. The zero-order valence-electron chi connectivity index (χ0n) is 21.2. The fourth-order valence-corrected chi connectivity index (χ4v) is 5.70. The van der Waals surface area contributed by atoms with Crippen molar-refractivity contribution in [2.75, 3.05) is 63.0 Å². The van der Waals surface area contributed by atoms with Gasteiger partial charge in [0.15, 0.2) is 5.82 Å². The smallest absolute Gasteiger partial charge is 0.164 e. The second-order valence-corrected chi connectivity index (χ2v) is 11.9. The standard InChI is InChI=1S/C25H37N5O5S/c1-17-23(27-19-9-12-34-15-19)28-24(18-5-4-6-21(13-18)35-16-20(31)14-26-2)29-25(17)30-10-7-22(8-11-30)36(3,32)33/h4-6,13,19-20,22,26,31H,7-12,14-16H2,1-3H3,(H,27,28,29)/t19-,20?/m0/s1. The Labute approximate surface area is 213 Å². The predicted octanol–water partition coefficient (Wildman–Crippen LogP) is 1.63. The van der Waals surface area contributed by atoms with Crippen molar-refractivity contribution in [2.45, 2.75) is 43.6 Å². The maximum absolute atomic E-state index is 12.0. The fraction of sp³-hybridized carbons (Fsp3) is 0.600. The molecular weight excluding hydrogens is 482 g/mol. The maximum Gasteiger partial charge on any atom is 0.164 e. The van der Waals surface area contributed by atoms with Crippen molar-refractivity contribution in [2.24, 2.45) is 0 Å². The van der Waals surface area contributed by atoms with Gasteiger partial charge in [0.1, 0.15) is 39.9 Å². The lowest BCUT2D eigenvalue weighted by molar-refractivity contribution is 0.108. The summed E-state index contributed by atoms with van der Waals surface area (Å²) in [6.07, 6.45) is 2.77. The van der Waals surface area contributed by atoms with Gasteiger partial charge in [-0.15, -0.1) is 0 Å². The number of nitrogens with one attached hydrogen (secondary N) is 2. The van der Waals surface area contributed by atoms with E-state index in [1.165, 1.54) is 6.26 Å². The van der Waals surface area contributed by atoms with E-state index in [1.54, 1.807) is 7.05 Å². The molecule has 3 heterocycles. The summed E-state index contributed by atoms with van der Waals surface area (Å²) in [7, 11) is -1.28. The summed E-state index contributed by atoms with van der Waals surface area (Å²) < 4.78 is 35.4. The van der Waals surface area contributed by atoms with Gasteiger partial charge >= 0.3 is 0 Å². The van der Waals surface area contributed by atoms with Crippen LogP contribution >= 0.6 is 0 Å². The largest absolute Gasteiger partial charge is 0.491 e. The van der Waals surface area contributed by atoms with E-state index < -0.39 is 15.9 Å². The van der Waals surface area contributed by atoms with Gasteiger partial charge in [-0.05, 0) is 45.4 Å². The molecule has 0 amide bonds. The molecule has 2 atom stereocenters. The summed E-state index contributed by atoms with van der Waals surface area (Å²) in [5.74, 6) is 2.75. The normalized spacial score (nSPS) is 19.9. The number of anilines is 2. The fourth-order valence-electron chi connectivity index (χ4n) is 4.63. The number of hydrogen-bond donors (Lipinski definition) is 3. The molecule has 1 unspecified atom stereocenters. The number of ether oxygens (including phenoxy) is 2. The van der Waals surface area contributed by atoms with Crippen LogP contribution in [0, 0.1) is 6.92 Å². The second-order valence-electron chi connectivity index (χ2n) is 9.62. The summed E-state index contributed by atoms with van der Waals surface area (Å²) >= 11 is 0. The Bertz CT molecular complexity index is 1130. The van der Waals surface area contributed by atoms with E-state index in [1.807, 2.05) is 31.2 Å². The number of rotatable bonds is 10. The Balaban J connectivity index is 1.62. The minimum Gasteiger partial charge on any atom is -0.491 e. The lowest BCUT2D eigenvalue weighted by Gasteiger charge is -2.33. The molecule has 0 spiro atoms. The van der Waals surface area contributed by atoms with Crippen molar-refractivity contribution in [3.05, 3.63) is 29.8 Å². The van der Waals surface area contributed by atoms with Crippen molar-refractivity contribution in [3.63, 3.8) is 0 Å². The van der Waals surface area contributed by atoms with Crippen LogP contribution in [0.1, 0.15) is 24.8 Å². The highest BCUT2D eigenvalue weighted by molar-refractivity contribution is 7.91. The third-order valence-electron chi connectivity index (χ3n) is 6.71. The second kappa shape index (κ2) is 11.7. The van der Waals surface area contributed by atoms with Gasteiger partial charge in [0.25, 0.3) is 0 Å². The first-order valence-electron chi connectivity index (χ1n) is 12.5. The molecule has 1 aromatic heterocycles. The first-order chi connectivity index (χ1) is 17.2. The van der Waals surface area contributed by atoms with E-state index in [0.29, 0.717) is 50.7 Å². The quantitative estimate of drug-likeness (QED) is 0.426. The maximum atomic E-state index is 12.0. The lowest BCUT2D eigenvalue weighted by atomic mass is 10.1. The van der Waals surface area contributed by atoms with E-state index in [-0.39, 0.29) is 17.9 Å². The summed E-state index contributed by atoms with van der Waals surface area (Å²) in [5.41, 5.74) is 1.74. The van der Waals surface area contributed by atoms with E-state index in [9.17, 15) is 13.5 Å². The van der Waals surface area contributed by atoms with Crippen LogP contribution in [-0.2, 0) is 14.6 Å². The van der Waals surface area contributed by atoms with Crippen LogP contribution in [0.4, 0.5) is 11.6 Å². The lowest BCUT2D eigenvalue weighted by Crippen LogP contribution is -2.40. The first kappa shape index (κ1) is 26.6. The molecule has 4 rings (SSSR count). The van der Waals surface area contributed by atoms with Gasteiger partial charge in [0, 0.05) is 43.6 Å². The first-order valence-corrected chi connectivity index (χ1v) is 14.4. The van der Waals surface area contributed by atoms with Crippen LogP contribution in [0.2, 0.25) is 0 Å². The van der Waals surface area contributed by atoms with Gasteiger partial charge in [0.2, 0.25) is 0 Å². The molecule has 0 saturated carbocycles. The Morgan fingerprint density at radius 1 is 1.25 bits per heavy atom. The molecule has 2 fully saturated rings. The molecule has 2 saturated heterocycles. The SMILES string of the molecule is CNCC(O)COc1cccc(-c2nc(N[C@H]3CCOC3)c(C)c(N3CCC(S(C)(=O)=O)CC3)n2)c1. The van der Waals surface area contributed by atoms with E-state index in [4.69, 9.17) is 19.4 Å². The number of likely N-dealkylation sites (N-methyl/N-ethyl adjacent to an activating group) is 1. The van der Waals surface area contributed by atoms with Gasteiger partial charge in [-0.25, -0.2) is 18.4 Å². The van der Waals surface area contributed by atoms with Crippen LogP contribution in [0.5, 0.6) is 5.75 Å². The average molecular weight is 520 g/mol. The minimum absolute atomic E-state index is 0.175. The van der Waals surface area contributed by atoms with Crippen LogP contribution in [0.25, 0.3) is 11.4 Å². The molecule has 1 aromatic carbocycles. The molecule has 198 valence electrons. The van der Waals surface area contributed by atoms with Crippen molar-refractivity contribution < 1.29 is 23.0 Å². The third-order valence-corrected chi connectivity index (χ3v) is 8.39. The van der Waals surface area contributed by atoms with Gasteiger partial charge < -0.3 is 30.1 Å². The number of benzene rings is 1. The number of aromatic nitrogens is 2. The molecule has 2 aromatic rings. The summed E-state index contributed by atoms with van der Waals surface area (Å²) in [6.45, 7) is 5.21. The predicted molar refractivity (Wildman–Crippen MR) is 141 cm³/mol. The van der Waals surface area contributed by atoms with Crippen molar-refractivity contribution >= 4 is 21.5 Å². The highest BCUT2D eigenvalue weighted by Crippen LogP contribution is 2.32. The molecule has 0 radical (unpaired) electrons. The van der Waals surface area contributed by atoms with Crippen LogP contribution in [0.15, 0.2) is 24.3 Å². The molecule has 11 heteroatoms. The topological polar surface area (TPSA) is 126 Å².